The van der Waals surface area contributed by atoms with Crippen LogP contribution in [0.15, 0.2) is 0 Å². The van der Waals surface area contributed by atoms with Crippen LogP contribution in [-0.4, -0.2) is 16.0 Å². The van der Waals surface area contributed by atoms with Gasteiger partial charge in [0.2, 0.25) is 0 Å². The molecule has 4 N–H and O–H groups in total. The van der Waals surface area contributed by atoms with Crippen molar-refractivity contribution in [1.29, 1.82) is 0 Å². The number of hydrogen-bond donors (Lipinski definition) is 3. The Bertz CT molecular complexity index is 424. The Labute approximate surface area is 115 Å². The first kappa shape index (κ1) is 14.1. The van der Waals surface area contributed by atoms with Gasteiger partial charge in [-0.2, -0.15) is 0 Å². The Morgan fingerprint density at radius 2 is 1.79 bits per heavy atom. The maximum absolute atomic E-state index is 5.53. The topological polar surface area (TPSA) is 75.9 Å². The second kappa shape index (κ2) is 6.19. The Hall–Kier alpha value is -1.36. The van der Waals surface area contributed by atoms with Gasteiger partial charge in [-0.15, -0.1) is 0 Å². The zero-order chi connectivity index (χ0) is 13.8. The zero-order valence-corrected chi connectivity index (χ0v) is 12.2. The first-order chi connectivity index (χ1) is 9.13. The average Bonchev–Trinajstić information content (AvgIpc) is 2.43. The van der Waals surface area contributed by atoms with E-state index < -0.39 is 0 Å². The molecule has 1 aromatic heterocycles. The van der Waals surface area contributed by atoms with Crippen molar-refractivity contribution in [3.8, 4) is 0 Å². The number of nitrogens with zero attached hydrogens (tertiary/aromatic N) is 2. The standard InChI is InChI=1S/C14H25N5/c1-4-12-17-13(10(3)14(18-12)19-15)16-11-7-5-9(2)6-8-11/h9,11H,4-8,15H2,1-3H3,(H2,16,17,18,19). The summed E-state index contributed by atoms with van der Waals surface area (Å²) in [6, 6.07) is 0.528. The molecule has 0 aliphatic heterocycles. The summed E-state index contributed by atoms with van der Waals surface area (Å²) in [4.78, 5) is 8.98. The van der Waals surface area contributed by atoms with Crippen molar-refractivity contribution in [1.82, 2.24) is 9.97 Å². The van der Waals surface area contributed by atoms with Crippen molar-refractivity contribution >= 4 is 11.6 Å². The minimum Gasteiger partial charge on any atom is -0.367 e. The molecule has 2 rings (SSSR count). The largest absolute Gasteiger partial charge is 0.367 e. The lowest BCUT2D eigenvalue weighted by Gasteiger charge is -2.28. The molecule has 1 aromatic rings. The summed E-state index contributed by atoms with van der Waals surface area (Å²) in [6.07, 6.45) is 5.84. The molecular weight excluding hydrogens is 238 g/mol. The molecular formula is C14H25N5. The number of hydrazine groups is 1. The van der Waals surface area contributed by atoms with E-state index >= 15 is 0 Å². The van der Waals surface area contributed by atoms with Crippen molar-refractivity contribution < 1.29 is 0 Å². The van der Waals surface area contributed by atoms with Crippen LogP contribution in [0.4, 0.5) is 11.6 Å². The van der Waals surface area contributed by atoms with Crippen LogP contribution >= 0.6 is 0 Å². The molecule has 0 atom stereocenters. The van der Waals surface area contributed by atoms with E-state index in [0.29, 0.717) is 6.04 Å². The van der Waals surface area contributed by atoms with Gasteiger partial charge < -0.3 is 10.7 Å². The molecule has 1 heterocycles. The normalized spacial score (nSPS) is 23.2. The number of nitrogens with one attached hydrogen (secondary N) is 2. The summed E-state index contributed by atoms with van der Waals surface area (Å²) in [5.41, 5.74) is 3.66. The third-order valence-corrected chi connectivity index (χ3v) is 4.00. The fourth-order valence-corrected chi connectivity index (χ4v) is 2.60. The van der Waals surface area contributed by atoms with E-state index in [1.54, 1.807) is 0 Å². The first-order valence-corrected chi connectivity index (χ1v) is 7.24. The van der Waals surface area contributed by atoms with Gasteiger partial charge in [0.05, 0.1) is 0 Å². The lowest BCUT2D eigenvalue weighted by Crippen LogP contribution is -2.27. The Morgan fingerprint density at radius 1 is 1.16 bits per heavy atom. The van der Waals surface area contributed by atoms with Crippen molar-refractivity contribution in [2.24, 2.45) is 11.8 Å². The van der Waals surface area contributed by atoms with Crippen molar-refractivity contribution in [2.75, 3.05) is 10.7 Å². The average molecular weight is 263 g/mol. The van der Waals surface area contributed by atoms with E-state index in [0.717, 1.165) is 35.4 Å². The fourth-order valence-electron chi connectivity index (χ4n) is 2.60. The van der Waals surface area contributed by atoms with Gasteiger partial charge >= 0.3 is 0 Å². The molecule has 1 fully saturated rings. The lowest BCUT2D eigenvalue weighted by molar-refractivity contribution is 0.360. The monoisotopic (exact) mass is 263 g/mol. The minimum atomic E-state index is 0.528. The molecule has 106 valence electrons. The third-order valence-electron chi connectivity index (χ3n) is 4.00. The molecule has 0 radical (unpaired) electrons. The molecule has 0 aromatic carbocycles. The maximum atomic E-state index is 5.53. The smallest absolute Gasteiger partial charge is 0.148 e. The fraction of sp³-hybridized carbons (Fsp3) is 0.714. The molecule has 0 spiro atoms. The Morgan fingerprint density at radius 3 is 2.37 bits per heavy atom. The number of nitrogens with two attached hydrogens (primary N) is 1. The molecule has 0 bridgehead atoms. The van der Waals surface area contributed by atoms with Gasteiger partial charge in [0.25, 0.3) is 0 Å². The first-order valence-electron chi connectivity index (χ1n) is 7.24. The van der Waals surface area contributed by atoms with E-state index in [4.69, 9.17) is 5.84 Å². The van der Waals surface area contributed by atoms with Crippen LogP contribution in [0, 0.1) is 12.8 Å². The van der Waals surface area contributed by atoms with E-state index in [2.05, 4.69) is 34.6 Å². The summed E-state index contributed by atoms with van der Waals surface area (Å²) in [7, 11) is 0. The van der Waals surface area contributed by atoms with E-state index in [1.165, 1.54) is 25.7 Å². The molecule has 1 aliphatic rings. The summed E-state index contributed by atoms with van der Waals surface area (Å²) in [5, 5.41) is 3.57. The molecule has 5 nitrogen and oxygen atoms in total. The van der Waals surface area contributed by atoms with Crippen LogP contribution in [0.2, 0.25) is 0 Å². The highest BCUT2D eigenvalue weighted by Gasteiger charge is 2.20. The van der Waals surface area contributed by atoms with Crippen molar-refractivity contribution in [3.05, 3.63) is 11.4 Å². The van der Waals surface area contributed by atoms with Crippen LogP contribution in [0.5, 0.6) is 0 Å². The van der Waals surface area contributed by atoms with Crippen molar-refractivity contribution in [3.63, 3.8) is 0 Å². The van der Waals surface area contributed by atoms with E-state index in [1.807, 2.05) is 6.92 Å². The second-order valence-corrected chi connectivity index (χ2v) is 5.56. The maximum Gasteiger partial charge on any atom is 0.148 e. The number of nitrogen functional groups attached to an aromatic ring is 1. The van der Waals surface area contributed by atoms with Gasteiger partial charge in [-0.25, -0.2) is 15.8 Å². The number of aryl methyl sites for hydroxylation is 1. The molecule has 19 heavy (non-hydrogen) atoms. The van der Waals surface area contributed by atoms with Crippen molar-refractivity contribution in [2.45, 2.75) is 58.9 Å². The molecule has 0 amide bonds. The Kier molecular flexibility index (Phi) is 4.58. The highest BCUT2D eigenvalue weighted by Crippen LogP contribution is 2.27. The minimum absolute atomic E-state index is 0.528. The summed E-state index contributed by atoms with van der Waals surface area (Å²) < 4.78 is 0. The predicted molar refractivity (Wildman–Crippen MR) is 79.0 cm³/mol. The highest BCUT2D eigenvalue weighted by molar-refractivity contribution is 5.57. The number of anilines is 2. The lowest BCUT2D eigenvalue weighted by atomic mass is 9.87. The molecule has 0 unspecified atom stereocenters. The van der Waals surface area contributed by atoms with Crippen LogP contribution < -0.4 is 16.6 Å². The molecule has 5 heteroatoms. The number of rotatable bonds is 4. The summed E-state index contributed by atoms with van der Waals surface area (Å²) >= 11 is 0. The highest BCUT2D eigenvalue weighted by atomic mass is 15.3. The van der Waals surface area contributed by atoms with Gasteiger partial charge in [0.15, 0.2) is 0 Å². The quantitative estimate of drug-likeness (QED) is 0.575. The second-order valence-electron chi connectivity index (χ2n) is 5.56. The van der Waals surface area contributed by atoms with Gasteiger partial charge in [0.1, 0.15) is 17.5 Å². The van der Waals surface area contributed by atoms with Crippen LogP contribution in [0.25, 0.3) is 0 Å². The number of aromatic nitrogens is 2. The van der Waals surface area contributed by atoms with Gasteiger partial charge in [0, 0.05) is 18.0 Å². The van der Waals surface area contributed by atoms with Crippen LogP contribution in [0.3, 0.4) is 0 Å². The van der Waals surface area contributed by atoms with Crippen LogP contribution in [0.1, 0.15) is 50.9 Å². The summed E-state index contributed by atoms with van der Waals surface area (Å²) in [5.74, 6) is 8.86. The summed E-state index contributed by atoms with van der Waals surface area (Å²) in [6.45, 7) is 6.39. The third kappa shape index (κ3) is 3.35. The molecule has 1 saturated carbocycles. The SMILES string of the molecule is CCc1nc(NN)c(C)c(NC2CCC(C)CC2)n1. The van der Waals surface area contributed by atoms with E-state index in [9.17, 15) is 0 Å². The zero-order valence-electron chi connectivity index (χ0n) is 12.2. The Balaban J connectivity index is 2.14. The van der Waals surface area contributed by atoms with Crippen LogP contribution in [-0.2, 0) is 6.42 Å². The van der Waals surface area contributed by atoms with E-state index in [-0.39, 0.29) is 0 Å². The molecule has 0 saturated heterocycles. The molecule has 1 aliphatic carbocycles. The predicted octanol–water partition coefficient (Wildman–Crippen LogP) is 2.62. The van der Waals surface area contributed by atoms with Gasteiger partial charge in [-0.1, -0.05) is 13.8 Å². The number of hydrogen-bond acceptors (Lipinski definition) is 5. The van der Waals surface area contributed by atoms with Gasteiger partial charge in [-0.05, 0) is 38.5 Å². The van der Waals surface area contributed by atoms with Gasteiger partial charge in [-0.3, -0.25) is 0 Å².